The van der Waals surface area contributed by atoms with Crippen molar-refractivity contribution in [2.24, 2.45) is 5.73 Å². The van der Waals surface area contributed by atoms with Gasteiger partial charge in [0, 0.05) is 23.5 Å². The van der Waals surface area contributed by atoms with Crippen molar-refractivity contribution in [2.75, 3.05) is 5.32 Å². The third-order valence-corrected chi connectivity index (χ3v) is 3.86. The molecular weight excluding hydrogens is 236 g/mol. The highest BCUT2D eigenvalue weighted by atomic mass is 32.1. The van der Waals surface area contributed by atoms with Gasteiger partial charge in [-0.1, -0.05) is 19.3 Å². The number of nitrogens with one attached hydrogen (secondary N) is 1. The Morgan fingerprint density at radius 2 is 2.18 bits per heavy atom. The van der Waals surface area contributed by atoms with Gasteiger partial charge in [-0.05, 0) is 19.8 Å². The van der Waals surface area contributed by atoms with Gasteiger partial charge < -0.3 is 11.1 Å². The van der Waals surface area contributed by atoms with Crippen molar-refractivity contribution in [1.82, 2.24) is 9.36 Å². The molecule has 0 saturated heterocycles. The maximum Gasteiger partial charge on any atom is 0.228 e. The Morgan fingerprint density at radius 1 is 1.47 bits per heavy atom. The van der Waals surface area contributed by atoms with Crippen molar-refractivity contribution in [3.63, 3.8) is 0 Å². The van der Waals surface area contributed by atoms with E-state index < -0.39 is 0 Å². The highest BCUT2D eigenvalue weighted by molar-refractivity contribution is 7.09. The fourth-order valence-corrected chi connectivity index (χ4v) is 2.86. The Kier molecular flexibility index (Phi) is 3.73. The van der Waals surface area contributed by atoms with Crippen LogP contribution in [-0.2, 0) is 4.79 Å². The molecule has 0 atom stereocenters. The molecule has 1 amide bonds. The van der Waals surface area contributed by atoms with Crippen molar-refractivity contribution < 1.29 is 4.79 Å². The Morgan fingerprint density at radius 3 is 2.76 bits per heavy atom. The van der Waals surface area contributed by atoms with E-state index in [-0.39, 0.29) is 11.4 Å². The van der Waals surface area contributed by atoms with E-state index in [2.05, 4.69) is 14.7 Å². The lowest BCUT2D eigenvalue weighted by Crippen LogP contribution is -2.44. The van der Waals surface area contributed by atoms with Gasteiger partial charge in [-0.15, -0.1) is 0 Å². The first-order valence-corrected chi connectivity index (χ1v) is 6.74. The van der Waals surface area contributed by atoms with E-state index >= 15 is 0 Å². The second-order valence-corrected chi connectivity index (χ2v) is 5.55. The summed E-state index contributed by atoms with van der Waals surface area (Å²) in [5.74, 6) is 0.635. The van der Waals surface area contributed by atoms with E-state index in [1.54, 1.807) is 6.92 Å². The van der Waals surface area contributed by atoms with E-state index in [1.165, 1.54) is 18.0 Å². The van der Waals surface area contributed by atoms with Gasteiger partial charge in [-0.3, -0.25) is 4.79 Å². The number of aromatic nitrogens is 2. The summed E-state index contributed by atoms with van der Waals surface area (Å²) in [6.45, 7) is 1.80. The molecule has 1 saturated carbocycles. The number of amides is 1. The minimum absolute atomic E-state index is 0.0504. The molecule has 0 aromatic carbocycles. The third kappa shape index (κ3) is 3.47. The first-order valence-electron chi connectivity index (χ1n) is 5.96. The molecule has 2 rings (SSSR count). The third-order valence-electron chi connectivity index (χ3n) is 3.14. The van der Waals surface area contributed by atoms with E-state index in [4.69, 9.17) is 5.73 Å². The van der Waals surface area contributed by atoms with Crippen LogP contribution in [0.15, 0.2) is 0 Å². The lowest BCUT2D eigenvalue weighted by molar-refractivity contribution is -0.117. The van der Waals surface area contributed by atoms with Crippen molar-refractivity contribution >= 4 is 22.6 Å². The molecular formula is C11H18N4OS. The van der Waals surface area contributed by atoms with Gasteiger partial charge in [0.1, 0.15) is 5.82 Å². The van der Waals surface area contributed by atoms with Crippen LogP contribution >= 0.6 is 11.5 Å². The van der Waals surface area contributed by atoms with E-state index in [1.807, 2.05) is 0 Å². The molecule has 17 heavy (non-hydrogen) atoms. The zero-order chi connectivity index (χ0) is 12.3. The molecule has 5 nitrogen and oxygen atoms in total. The van der Waals surface area contributed by atoms with Gasteiger partial charge in [0.05, 0.1) is 0 Å². The average Bonchev–Trinajstić information content (AvgIpc) is 2.63. The van der Waals surface area contributed by atoms with Crippen LogP contribution in [-0.4, -0.2) is 20.8 Å². The Balaban J connectivity index is 1.88. The summed E-state index contributed by atoms with van der Waals surface area (Å²) >= 11 is 1.20. The van der Waals surface area contributed by atoms with Crippen LogP contribution in [0.2, 0.25) is 0 Å². The lowest BCUT2D eigenvalue weighted by Gasteiger charge is -2.32. The fraction of sp³-hybridized carbons (Fsp3) is 0.727. The predicted octanol–water partition coefficient (Wildman–Crippen LogP) is 1.84. The largest absolute Gasteiger partial charge is 0.325 e. The number of rotatable bonds is 3. The van der Waals surface area contributed by atoms with E-state index in [0.717, 1.165) is 25.7 Å². The highest BCUT2D eigenvalue weighted by Gasteiger charge is 2.30. The van der Waals surface area contributed by atoms with Crippen molar-refractivity contribution in [3.05, 3.63) is 5.82 Å². The van der Waals surface area contributed by atoms with E-state index in [9.17, 15) is 4.79 Å². The average molecular weight is 254 g/mol. The number of anilines is 1. The lowest BCUT2D eigenvalue weighted by atomic mass is 9.80. The highest BCUT2D eigenvalue weighted by Crippen LogP contribution is 2.29. The number of nitrogens with zero attached hydrogens (tertiary/aromatic N) is 2. The minimum Gasteiger partial charge on any atom is -0.325 e. The monoisotopic (exact) mass is 254 g/mol. The molecule has 1 aliphatic carbocycles. The zero-order valence-electron chi connectivity index (χ0n) is 10.0. The minimum atomic E-state index is -0.317. The molecule has 1 aromatic heterocycles. The Hall–Kier alpha value is -1.01. The molecule has 0 bridgehead atoms. The summed E-state index contributed by atoms with van der Waals surface area (Å²) in [5.41, 5.74) is 5.91. The zero-order valence-corrected chi connectivity index (χ0v) is 10.8. The number of hydrogen-bond acceptors (Lipinski definition) is 5. The molecule has 1 aliphatic rings. The number of aryl methyl sites for hydroxylation is 1. The molecule has 0 radical (unpaired) electrons. The first-order chi connectivity index (χ1) is 8.07. The quantitative estimate of drug-likeness (QED) is 0.862. The molecule has 1 aromatic rings. The van der Waals surface area contributed by atoms with Crippen molar-refractivity contribution in [1.29, 1.82) is 0 Å². The van der Waals surface area contributed by atoms with Crippen molar-refractivity contribution in [2.45, 2.75) is 51.0 Å². The van der Waals surface area contributed by atoms with Gasteiger partial charge in [-0.25, -0.2) is 4.98 Å². The van der Waals surface area contributed by atoms with E-state index in [0.29, 0.717) is 17.4 Å². The normalized spacial score (nSPS) is 18.9. The molecule has 0 spiro atoms. The van der Waals surface area contributed by atoms with Gasteiger partial charge >= 0.3 is 0 Å². The molecule has 3 N–H and O–H groups in total. The second kappa shape index (κ2) is 5.10. The number of carbonyl (C=O) groups excluding carboxylic acids is 1. The molecule has 1 heterocycles. The number of nitrogens with two attached hydrogens (primary N) is 1. The summed E-state index contributed by atoms with van der Waals surface area (Å²) in [7, 11) is 0. The smallest absolute Gasteiger partial charge is 0.228 e. The standard InChI is InChI=1S/C11H18N4OS/c1-8-13-10(17-15-8)14-9(16)7-11(12)5-3-2-4-6-11/h2-7,12H2,1H3,(H,13,14,15,16). The Labute approximate surface area is 105 Å². The first kappa shape index (κ1) is 12.4. The molecule has 6 heteroatoms. The second-order valence-electron chi connectivity index (χ2n) is 4.79. The van der Waals surface area contributed by atoms with Gasteiger partial charge in [-0.2, -0.15) is 4.37 Å². The van der Waals surface area contributed by atoms with Gasteiger partial charge in [0.2, 0.25) is 11.0 Å². The summed E-state index contributed by atoms with van der Waals surface area (Å²) in [4.78, 5) is 15.9. The molecule has 0 unspecified atom stereocenters. The van der Waals surface area contributed by atoms with Crippen LogP contribution in [0.25, 0.3) is 0 Å². The number of hydrogen-bond donors (Lipinski definition) is 2. The maximum absolute atomic E-state index is 11.8. The van der Waals surface area contributed by atoms with Crippen LogP contribution in [0.3, 0.4) is 0 Å². The van der Waals surface area contributed by atoms with Crippen LogP contribution in [0, 0.1) is 6.92 Å². The summed E-state index contributed by atoms with van der Waals surface area (Å²) in [5, 5.41) is 3.32. The van der Waals surface area contributed by atoms with Crippen LogP contribution < -0.4 is 11.1 Å². The molecule has 94 valence electrons. The van der Waals surface area contributed by atoms with Gasteiger partial charge in [0.15, 0.2) is 0 Å². The predicted molar refractivity (Wildman–Crippen MR) is 67.9 cm³/mol. The summed E-state index contributed by atoms with van der Waals surface area (Å²) < 4.78 is 4.02. The molecule has 0 aliphatic heterocycles. The fourth-order valence-electron chi connectivity index (χ4n) is 2.26. The van der Waals surface area contributed by atoms with Crippen molar-refractivity contribution in [3.8, 4) is 0 Å². The topological polar surface area (TPSA) is 80.9 Å². The Bertz CT molecular complexity index is 398. The van der Waals surface area contributed by atoms with Crippen LogP contribution in [0.4, 0.5) is 5.13 Å². The summed E-state index contributed by atoms with van der Waals surface area (Å²) in [6, 6.07) is 0. The van der Waals surface area contributed by atoms with Crippen LogP contribution in [0.1, 0.15) is 44.3 Å². The van der Waals surface area contributed by atoms with Crippen LogP contribution in [0.5, 0.6) is 0 Å². The SMILES string of the molecule is Cc1nsc(NC(=O)CC2(N)CCCCC2)n1. The molecule has 1 fully saturated rings. The van der Waals surface area contributed by atoms with Gasteiger partial charge in [0.25, 0.3) is 0 Å². The summed E-state index contributed by atoms with van der Waals surface area (Å²) in [6.07, 6.45) is 5.75. The number of carbonyl (C=O) groups is 1. The maximum atomic E-state index is 11.8.